The van der Waals surface area contributed by atoms with Crippen LogP contribution in [0.15, 0.2) is 36.0 Å². The quantitative estimate of drug-likeness (QED) is 0.533. The van der Waals surface area contributed by atoms with Gasteiger partial charge in [-0.2, -0.15) is 0 Å². The lowest BCUT2D eigenvalue weighted by Crippen LogP contribution is -1.66. The van der Waals surface area contributed by atoms with Gasteiger partial charge >= 0.3 is 0 Å². The van der Waals surface area contributed by atoms with E-state index in [1.165, 1.54) is 18.4 Å². The molecule has 0 radical (unpaired) electrons. The Bertz CT molecular complexity index is 170. The molecule has 0 aromatic rings. The van der Waals surface area contributed by atoms with E-state index in [0.717, 1.165) is 6.42 Å². The van der Waals surface area contributed by atoms with Crippen molar-refractivity contribution < 1.29 is 0 Å². The molecule has 0 rings (SSSR count). The molecule has 0 fully saturated rings. The fourth-order valence-corrected chi connectivity index (χ4v) is 0.842. The lowest BCUT2D eigenvalue weighted by atomic mass is 10.2. The largest absolute Gasteiger partial charge is 0.0845 e. The van der Waals surface area contributed by atoms with Gasteiger partial charge in [-0.05, 0) is 19.8 Å². The molecular weight excluding hydrogens is 144 g/mol. The number of allylic oxidation sites excluding steroid dienone is 6. The zero-order chi connectivity index (χ0) is 9.23. The van der Waals surface area contributed by atoms with Crippen molar-refractivity contribution in [1.29, 1.82) is 0 Å². The molecule has 68 valence electrons. The maximum atomic E-state index is 2.21. The fourth-order valence-electron chi connectivity index (χ4n) is 0.842. The van der Waals surface area contributed by atoms with Crippen LogP contribution in [-0.4, -0.2) is 0 Å². The molecule has 12 heavy (non-hydrogen) atoms. The van der Waals surface area contributed by atoms with Crippen molar-refractivity contribution in [3.63, 3.8) is 0 Å². The minimum atomic E-state index is 1.11. The van der Waals surface area contributed by atoms with Crippen LogP contribution in [-0.2, 0) is 0 Å². The third-order valence-electron chi connectivity index (χ3n) is 1.57. The smallest absolute Gasteiger partial charge is 0.0350 e. The van der Waals surface area contributed by atoms with Gasteiger partial charge in [-0.3, -0.25) is 0 Å². The van der Waals surface area contributed by atoms with Gasteiger partial charge in [-0.1, -0.05) is 56.2 Å². The van der Waals surface area contributed by atoms with Crippen LogP contribution in [0.25, 0.3) is 0 Å². The summed E-state index contributed by atoms with van der Waals surface area (Å²) < 4.78 is 0. The lowest BCUT2D eigenvalue weighted by Gasteiger charge is -1.87. The van der Waals surface area contributed by atoms with E-state index < -0.39 is 0 Å². The standard InChI is InChI=1S/C12H20/c1-4-6-8-9-11-12(3)10-7-5-2/h7-11H,4-6H2,1-3H3. The third kappa shape index (κ3) is 7.33. The second-order valence-electron chi connectivity index (χ2n) is 2.94. The van der Waals surface area contributed by atoms with Gasteiger partial charge in [0.05, 0.1) is 0 Å². The monoisotopic (exact) mass is 164 g/mol. The van der Waals surface area contributed by atoms with E-state index in [-0.39, 0.29) is 0 Å². The molecular formula is C12H20. The van der Waals surface area contributed by atoms with E-state index in [2.05, 4.69) is 51.2 Å². The molecule has 0 aromatic heterocycles. The highest BCUT2D eigenvalue weighted by Gasteiger charge is 1.76. The first-order chi connectivity index (χ1) is 5.81. The van der Waals surface area contributed by atoms with E-state index in [9.17, 15) is 0 Å². The summed E-state index contributed by atoms with van der Waals surface area (Å²) in [6, 6.07) is 0. The predicted molar refractivity (Wildman–Crippen MR) is 57.2 cm³/mol. The normalized spacial score (nSPS) is 13.4. The number of rotatable bonds is 5. The summed E-state index contributed by atoms with van der Waals surface area (Å²) in [5, 5.41) is 0. The van der Waals surface area contributed by atoms with Crippen LogP contribution < -0.4 is 0 Å². The van der Waals surface area contributed by atoms with Crippen molar-refractivity contribution in [3.05, 3.63) is 36.0 Å². The number of unbranched alkanes of at least 4 members (excludes halogenated alkanes) is 1. The molecule has 0 aliphatic carbocycles. The lowest BCUT2D eigenvalue weighted by molar-refractivity contribution is 0.959. The Kier molecular flexibility index (Phi) is 7.78. The van der Waals surface area contributed by atoms with E-state index in [4.69, 9.17) is 0 Å². The van der Waals surface area contributed by atoms with Crippen LogP contribution in [0.2, 0.25) is 0 Å². The minimum absolute atomic E-state index is 1.11. The van der Waals surface area contributed by atoms with Gasteiger partial charge in [0.2, 0.25) is 0 Å². The highest BCUT2D eigenvalue weighted by atomic mass is 13.8. The summed E-state index contributed by atoms with van der Waals surface area (Å²) in [4.78, 5) is 0. The van der Waals surface area contributed by atoms with Crippen molar-refractivity contribution in [3.8, 4) is 0 Å². The maximum absolute atomic E-state index is 2.21. The average molecular weight is 164 g/mol. The van der Waals surface area contributed by atoms with Crippen LogP contribution in [0.1, 0.15) is 40.0 Å². The van der Waals surface area contributed by atoms with Crippen molar-refractivity contribution >= 4 is 0 Å². The Hall–Kier alpha value is -0.780. The Morgan fingerprint density at radius 3 is 2.50 bits per heavy atom. The Morgan fingerprint density at radius 2 is 1.92 bits per heavy atom. The molecule has 0 amide bonds. The van der Waals surface area contributed by atoms with E-state index in [1.807, 2.05) is 0 Å². The summed E-state index contributed by atoms with van der Waals surface area (Å²) in [7, 11) is 0. The maximum Gasteiger partial charge on any atom is -0.0350 e. The Morgan fingerprint density at radius 1 is 1.17 bits per heavy atom. The second-order valence-corrected chi connectivity index (χ2v) is 2.94. The molecule has 0 heterocycles. The van der Waals surface area contributed by atoms with Gasteiger partial charge < -0.3 is 0 Å². The molecule has 0 saturated carbocycles. The Labute approximate surface area is 76.7 Å². The van der Waals surface area contributed by atoms with Crippen LogP contribution in [0.3, 0.4) is 0 Å². The molecule has 0 N–H and O–H groups in total. The van der Waals surface area contributed by atoms with Gasteiger partial charge in [-0.15, -0.1) is 0 Å². The van der Waals surface area contributed by atoms with Crippen LogP contribution in [0.5, 0.6) is 0 Å². The molecule has 0 aliphatic heterocycles. The van der Waals surface area contributed by atoms with E-state index in [0.29, 0.717) is 0 Å². The molecule has 0 unspecified atom stereocenters. The molecule has 0 aliphatic rings. The Balaban J connectivity index is 3.75. The molecule has 0 bridgehead atoms. The van der Waals surface area contributed by atoms with Gasteiger partial charge in [0.15, 0.2) is 0 Å². The SMILES string of the molecule is CCC=CC(C)=CC=CCCC. The molecule has 0 saturated heterocycles. The topological polar surface area (TPSA) is 0 Å². The van der Waals surface area contributed by atoms with Gasteiger partial charge in [0.1, 0.15) is 0 Å². The van der Waals surface area contributed by atoms with Crippen molar-refractivity contribution in [2.75, 3.05) is 0 Å². The van der Waals surface area contributed by atoms with Crippen LogP contribution in [0.4, 0.5) is 0 Å². The first-order valence-electron chi connectivity index (χ1n) is 4.81. The van der Waals surface area contributed by atoms with Crippen LogP contribution in [0, 0.1) is 0 Å². The third-order valence-corrected chi connectivity index (χ3v) is 1.57. The molecule has 0 nitrogen and oxygen atoms in total. The highest BCUT2D eigenvalue weighted by Crippen LogP contribution is 1.97. The first-order valence-corrected chi connectivity index (χ1v) is 4.81. The van der Waals surface area contributed by atoms with Crippen molar-refractivity contribution in [2.45, 2.75) is 40.0 Å². The fraction of sp³-hybridized carbons (Fsp3) is 0.500. The highest BCUT2D eigenvalue weighted by molar-refractivity contribution is 5.21. The van der Waals surface area contributed by atoms with Gasteiger partial charge in [-0.25, -0.2) is 0 Å². The molecule has 0 spiro atoms. The van der Waals surface area contributed by atoms with Gasteiger partial charge in [0.25, 0.3) is 0 Å². The summed E-state index contributed by atoms with van der Waals surface area (Å²) in [5.74, 6) is 0. The zero-order valence-corrected chi connectivity index (χ0v) is 8.51. The summed E-state index contributed by atoms with van der Waals surface area (Å²) in [5.41, 5.74) is 1.32. The zero-order valence-electron chi connectivity index (χ0n) is 8.51. The van der Waals surface area contributed by atoms with Gasteiger partial charge in [0, 0.05) is 0 Å². The average Bonchev–Trinajstić information content (AvgIpc) is 2.09. The number of hydrogen-bond donors (Lipinski definition) is 0. The summed E-state index contributed by atoms with van der Waals surface area (Å²) in [6.45, 7) is 6.47. The predicted octanol–water partition coefficient (Wildman–Crippen LogP) is 4.26. The number of hydrogen-bond acceptors (Lipinski definition) is 0. The molecule has 0 aromatic carbocycles. The van der Waals surface area contributed by atoms with E-state index in [1.54, 1.807) is 0 Å². The van der Waals surface area contributed by atoms with Crippen molar-refractivity contribution in [2.24, 2.45) is 0 Å². The molecule has 0 atom stereocenters. The summed E-state index contributed by atoms with van der Waals surface area (Å²) in [6.07, 6.45) is 14.4. The molecule has 0 heteroatoms. The summed E-state index contributed by atoms with van der Waals surface area (Å²) >= 11 is 0. The van der Waals surface area contributed by atoms with E-state index >= 15 is 0 Å². The second kappa shape index (κ2) is 8.32. The van der Waals surface area contributed by atoms with Crippen LogP contribution >= 0.6 is 0 Å². The van der Waals surface area contributed by atoms with Crippen molar-refractivity contribution in [1.82, 2.24) is 0 Å². The first kappa shape index (κ1) is 11.2. The minimum Gasteiger partial charge on any atom is -0.0845 e.